The summed E-state index contributed by atoms with van der Waals surface area (Å²) in [5.74, 6) is 1.11. The molecule has 17 heavy (non-hydrogen) atoms. The smallest absolute Gasteiger partial charge is 0.220 e. The first-order valence-electron chi connectivity index (χ1n) is 6.18. The maximum absolute atomic E-state index is 11.5. The monoisotopic (exact) mass is 238 g/mol. The molecule has 0 saturated heterocycles. The van der Waals surface area contributed by atoms with Crippen LogP contribution in [0.3, 0.4) is 0 Å². The number of furan rings is 1. The highest BCUT2D eigenvalue weighted by Gasteiger charge is 2.07. The SMILES string of the molecule is CNCCCC(=O)NC(C)CCc1ccco1. The van der Waals surface area contributed by atoms with E-state index in [-0.39, 0.29) is 11.9 Å². The molecule has 96 valence electrons. The number of hydrogen-bond donors (Lipinski definition) is 2. The van der Waals surface area contributed by atoms with E-state index in [2.05, 4.69) is 10.6 Å². The van der Waals surface area contributed by atoms with E-state index in [9.17, 15) is 4.79 Å². The average Bonchev–Trinajstić information content (AvgIpc) is 2.79. The third-order valence-electron chi connectivity index (χ3n) is 2.64. The van der Waals surface area contributed by atoms with Gasteiger partial charge in [0.25, 0.3) is 0 Å². The minimum Gasteiger partial charge on any atom is -0.469 e. The Balaban J connectivity index is 2.11. The molecule has 1 amide bonds. The number of amides is 1. The summed E-state index contributed by atoms with van der Waals surface area (Å²) in [5, 5.41) is 6.02. The Morgan fingerprint density at radius 1 is 1.53 bits per heavy atom. The predicted octanol–water partition coefficient (Wildman–Crippen LogP) is 1.72. The van der Waals surface area contributed by atoms with Gasteiger partial charge in [0, 0.05) is 18.9 Å². The fourth-order valence-electron chi connectivity index (χ4n) is 1.66. The summed E-state index contributed by atoms with van der Waals surface area (Å²) in [5.41, 5.74) is 0. The van der Waals surface area contributed by atoms with Crippen LogP contribution >= 0.6 is 0 Å². The Bertz CT molecular complexity index is 309. The molecule has 1 rings (SSSR count). The molecule has 0 radical (unpaired) electrons. The molecule has 0 saturated carbocycles. The van der Waals surface area contributed by atoms with Crippen molar-refractivity contribution in [3.8, 4) is 0 Å². The molecular weight excluding hydrogens is 216 g/mol. The van der Waals surface area contributed by atoms with Crippen molar-refractivity contribution in [1.82, 2.24) is 10.6 Å². The van der Waals surface area contributed by atoms with Gasteiger partial charge in [0.05, 0.1) is 6.26 Å². The second kappa shape index (κ2) is 7.90. The lowest BCUT2D eigenvalue weighted by Crippen LogP contribution is -2.33. The topological polar surface area (TPSA) is 54.3 Å². The molecule has 0 fully saturated rings. The highest BCUT2D eigenvalue weighted by molar-refractivity contribution is 5.76. The second-order valence-electron chi connectivity index (χ2n) is 4.29. The second-order valence-corrected chi connectivity index (χ2v) is 4.29. The number of rotatable bonds is 8. The first-order valence-corrected chi connectivity index (χ1v) is 6.18. The third kappa shape index (κ3) is 6.12. The van der Waals surface area contributed by atoms with E-state index in [1.807, 2.05) is 26.1 Å². The van der Waals surface area contributed by atoms with Crippen LogP contribution < -0.4 is 10.6 Å². The van der Waals surface area contributed by atoms with Gasteiger partial charge < -0.3 is 15.1 Å². The summed E-state index contributed by atoms with van der Waals surface area (Å²) >= 11 is 0. The van der Waals surface area contributed by atoms with E-state index in [1.54, 1.807) is 6.26 Å². The van der Waals surface area contributed by atoms with E-state index in [1.165, 1.54) is 0 Å². The fraction of sp³-hybridized carbons (Fsp3) is 0.615. The van der Waals surface area contributed by atoms with Crippen LogP contribution in [0.15, 0.2) is 22.8 Å². The van der Waals surface area contributed by atoms with Crippen LogP contribution in [0.4, 0.5) is 0 Å². The molecule has 1 aromatic rings. The van der Waals surface area contributed by atoms with E-state index in [0.29, 0.717) is 6.42 Å². The van der Waals surface area contributed by atoms with Crippen LogP contribution in [-0.4, -0.2) is 25.5 Å². The highest BCUT2D eigenvalue weighted by atomic mass is 16.3. The summed E-state index contributed by atoms with van der Waals surface area (Å²) < 4.78 is 5.25. The van der Waals surface area contributed by atoms with Crippen molar-refractivity contribution in [2.24, 2.45) is 0 Å². The molecule has 0 bridgehead atoms. The van der Waals surface area contributed by atoms with Gasteiger partial charge in [-0.05, 0) is 45.5 Å². The molecule has 4 nitrogen and oxygen atoms in total. The average molecular weight is 238 g/mol. The highest BCUT2D eigenvalue weighted by Crippen LogP contribution is 2.05. The number of carbonyl (C=O) groups is 1. The van der Waals surface area contributed by atoms with Crippen LogP contribution in [0, 0.1) is 0 Å². The zero-order valence-electron chi connectivity index (χ0n) is 10.7. The number of aryl methyl sites for hydroxylation is 1. The molecule has 4 heteroatoms. The molecule has 1 unspecified atom stereocenters. The van der Waals surface area contributed by atoms with Gasteiger partial charge in [-0.3, -0.25) is 4.79 Å². The predicted molar refractivity (Wildman–Crippen MR) is 67.8 cm³/mol. The van der Waals surface area contributed by atoms with E-state index >= 15 is 0 Å². The van der Waals surface area contributed by atoms with Gasteiger partial charge in [0.2, 0.25) is 5.91 Å². The maximum atomic E-state index is 11.5. The largest absolute Gasteiger partial charge is 0.469 e. The van der Waals surface area contributed by atoms with Crippen molar-refractivity contribution in [3.05, 3.63) is 24.2 Å². The summed E-state index contributed by atoms with van der Waals surface area (Å²) in [6, 6.07) is 4.04. The molecule has 1 atom stereocenters. The van der Waals surface area contributed by atoms with Crippen molar-refractivity contribution >= 4 is 5.91 Å². The minimum absolute atomic E-state index is 0.132. The lowest BCUT2D eigenvalue weighted by molar-refractivity contribution is -0.121. The van der Waals surface area contributed by atoms with Gasteiger partial charge in [-0.1, -0.05) is 0 Å². The summed E-state index contributed by atoms with van der Waals surface area (Å²) in [6.45, 7) is 2.91. The molecule has 0 spiro atoms. The van der Waals surface area contributed by atoms with Crippen LogP contribution in [0.5, 0.6) is 0 Å². The molecule has 0 aromatic carbocycles. The van der Waals surface area contributed by atoms with Crippen LogP contribution in [-0.2, 0) is 11.2 Å². The lowest BCUT2D eigenvalue weighted by atomic mass is 10.1. The van der Waals surface area contributed by atoms with Crippen molar-refractivity contribution in [2.75, 3.05) is 13.6 Å². The third-order valence-corrected chi connectivity index (χ3v) is 2.64. The van der Waals surface area contributed by atoms with Gasteiger partial charge in [0.1, 0.15) is 5.76 Å². The Morgan fingerprint density at radius 3 is 3.00 bits per heavy atom. The minimum atomic E-state index is 0.132. The first-order chi connectivity index (χ1) is 8.22. The van der Waals surface area contributed by atoms with Crippen molar-refractivity contribution in [2.45, 2.75) is 38.6 Å². The van der Waals surface area contributed by atoms with Gasteiger partial charge in [-0.2, -0.15) is 0 Å². The van der Waals surface area contributed by atoms with Gasteiger partial charge in [-0.15, -0.1) is 0 Å². The molecule has 1 aromatic heterocycles. The maximum Gasteiger partial charge on any atom is 0.220 e. The lowest BCUT2D eigenvalue weighted by Gasteiger charge is -2.13. The quantitative estimate of drug-likeness (QED) is 0.678. The Labute approximate surface area is 103 Å². The van der Waals surface area contributed by atoms with E-state index in [4.69, 9.17) is 4.42 Å². The molecule has 0 aliphatic carbocycles. The summed E-state index contributed by atoms with van der Waals surface area (Å²) in [7, 11) is 1.89. The summed E-state index contributed by atoms with van der Waals surface area (Å²) in [4.78, 5) is 11.5. The Kier molecular flexibility index (Phi) is 6.40. The molecule has 0 aliphatic heterocycles. The molecule has 1 heterocycles. The van der Waals surface area contributed by atoms with Crippen LogP contribution in [0.25, 0.3) is 0 Å². The Hall–Kier alpha value is -1.29. The Morgan fingerprint density at radius 2 is 2.35 bits per heavy atom. The van der Waals surface area contributed by atoms with Crippen molar-refractivity contribution in [3.63, 3.8) is 0 Å². The van der Waals surface area contributed by atoms with Crippen LogP contribution in [0.2, 0.25) is 0 Å². The standard InChI is InChI=1S/C13H22N2O2/c1-11(7-8-12-5-4-10-17-12)15-13(16)6-3-9-14-2/h4-5,10-11,14H,3,6-9H2,1-2H3,(H,15,16). The zero-order valence-corrected chi connectivity index (χ0v) is 10.7. The van der Waals surface area contributed by atoms with Crippen molar-refractivity contribution < 1.29 is 9.21 Å². The van der Waals surface area contributed by atoms with Gasteiger partial charge >= 0.3 is 0 Å². The number of nitrogens with one attached hydrogen (secondary N) is 2. The van der Waals surface area contributed by atoms with Crippen molar-refractivity contribution in [1.29, 1.82) is 0 Å². The first kappa shape index (κ1) is 13.8. The molecule has 0 aliphatic rings. The van der Waals surface area contributed by atoms with Gasteiger partial charge in [0.15, 0.2) is 0 Å². The number of carbonyl (C=O) groups excluding carboxylic acids is 1. The van der Waals surface area contributed by atoms with E-state index < -0.39 is 0 Å². The summed E-state index contributed by atoms with van der Waals surface area (Å²) in [6.07, 6.45) is 4.92. The van der Waals surface area contributed by atoms with E-state index in [0.717, 1.165) is 31.6 Å². The van der Waals surface area contributed by atoms with Gasteiger partial charge in [-0.25, -0.2) is 0 Å². The fourth-order valence-corrected chi connectivity index (χ4v) is 1.66. The molecule has 2 N–H and O–H groups in total. The zero-order chi connectivity index (χ0) is 12.5. The number of hydrogen-bond acceptors (Lipinski definition) is 3. The molecular formula is C13H22N2O2. The normalized spacial score (nSPS) is 12.4. The van der Waals surface area contributed by atoms with Crippen LogP contribution in [0.1, 0.15) is 31.9 Å².